The Morgan fingerprint density at radius 1 is 1.40 bits per heavy atom. The van der Waals surface area contributed by atoms with E-state index in [0.29, 0.717) is 10.9 Å². The van der Waals surface area contributed by atoms with Crippen LogP contribution in [0.2, 0.25) is 5.02 Å². The van der Waals surface area contributed by atoms with Crippen molar-refractivity contribution in [2.24, 2.45) is 0 Å². The van der Waals surface area contributed by atoms with Gasteiger partial charge in [-0.15, -0.1) is 0 Å². The summed E-state index contributed by atoms with van der Waals surface area (Å²) in [5.74, 6) is -1.67. The average Bonchev–Trinajstić information content (AvgIpc) is 2.19. The van der Waals surface area contributed by atoms with Crippen LogP contribution in [0.5, 0.6) is 0 Å². The molecule has 0 unspecified atom stereocenters. The van der Waals surface area contributed by atoms with Gasteiger partial charge in [0.05, 0.1) is 10.5 Å². The van der Waals surface area contributed by atoms with Crippen LogP contribution in [0.25, 0.3) is 10.9 Å². The molecule has 0 aliphatic heterocycles. The van der Waals surface area contributed by atoms with E-state index in [0.717, 1.165) is 0 Å². The Kier molecular flexibility index (Phi) is 2.28. The van der Waals surface area contributed by atoms with Crippen molar-refractivity contribution in [3.63, 3.8) is 0 Å². The SMILES string of the molecule is O=C(O)c1ccc2cc(F)c(Cl)cc2n1. The zero-order valence-electron chi connectivity index (χ0n) is 7.37. The van der Waals surface area contributed by atoms with E-state index in [2.05, 4.69) is 4.98 Å². The number of aromatic carboxylic acids is 1. The Bertz CT molecular complexity index is 556. The van der Waals surface area contributed by atoms with Gasteiger partial charge in [-0.1, -0.05) is 17.7 Å². The molecule has 2 rings (SSSR count). The summed E-state index contributed by atoms with van der Waals surface area (Å²) in [4.78, 5) is 14.5. The minimum absolute atomic E-state index is 0.0717. The topological polar surface area (TPSA) is 50.2 Å². The first-order valence-electron chi connectivity index (χ1n) is 4.07. The second kappa shape index (κ2) is 3.47. The molecule has 0 bridgehead atoms. The summed E-state index contributed by atoms with van der Waals surface area (Å²) in [5, 5.41) is 9.14. The third-order valence-electron chi connectivity index (χ3n) is 1.95. The van der Waals surface area contributed by atoms with Crippen molar-refractivity contribution < 1.29 is 14.3 Å². The standard InChI is InChI=1S/C10H5ClFNO2/c11-6-4-9-5(3-7(6)12)1-2-8(13-9)10(14)15/h1-4H,(H,14,15). The van der Waals surface area contributed by atoms with Crippen molar-refractivity contribution in [1.82, 2.24) is 4.98 Å². The minimum atomic E-state index is -1.13. The Morgan fingerprint density at radius 3 is 2.80 bits per heavy atom. The first-order valence-corrected chi connectivity index (χ1v) is 4.45. The van der Waals surface area contributed by atoms with E-state index in [1.165, 1.54) is 24.3 Å². The van der Waals surface area contributed by atoms with Gasteiger partial charge in [-0.3, -0.25) is 0 Å². The molecular formula is C10H5ClFNO2. The van der Waals surface area contributed by atoms with E-state index in [1.54, 1.807) is 0 Å². The van der Waals surface area contributed by atoms with Gasteiger partial charge >= 0.3 is 5.97 Å². The molecule has 0 amide bonds. The molecule has 1 aromatic heterocycles. The molecule has 0 fully saturated rings. The quantitative estimate of drug-likeness (QED) is 0.812. The number of benzene rings is 1. The Hall–Kier alpha value is -1.68. The van der Waals surface area contributed by atoms with Crippen LogP contribution >= 0.6 is 11.6 Å². The van der Waals surface area contributed by atoms with Crippen molar-refractivity contribution in [2.75, 3.05) is 0 Å². The molecule has 76 valence electrons. The molecule has 5 heteroatoms. The fraction of sp³-hybridized carbons (Fsp3) is 0. The monoisotopic (exact) mass is 225 g/mol. The van der Waals surface area contributed by atoms with Crippen LogP contribution in [0.15, 0.2) is 24.3 Å². The van der Waals surface area contributed by atoms with Crippen molar-refractivity contribution in [1.29, 1.82) is 0 Å². The zero-order chi connectivity index (χ0) is 11.0. The number of hydrogen-bond donors (Lipinski definition) is 1. The molecule has 15 heavy (non-hydrogen) atoms. The molecule has 0 aliphatic carbocycles. The number of pyridine rings is 1. The molecular weight excluding hydrogens is 221 g/mol. The molecule has 1 aromatic carbocycles. The lowest BCUT2D eigenvalue weighted by Crippen LogP contribution is -1.99. The molecule has 0 aliphatic rings. The second-order valence-corrected chi connectivity index (χ2v) is 3.37. The highest BCUT2D eigenvalue weighted by molar-refractivity contribution is 6.31. The van der Waals surface area contributed by atoms with Gasteiger partial charge in [0.2, 0.25) is 0 Å². The lowest BCUT2D eigenvalue weighted by molar-refractivity contribution is 0.0691. The summed E-state index contributed by atoms with van der Waals surface area (Å²) in [7, 11) is 0. The van der Waals surface area contributed by atoms with E-state index < -0.39 is 11.8 Å². The highest BCUT2D eigenvalue weighted by atomic mass is 35.5. The van der Waals surface area contributed by atoms with Gasteiger partial charge < -0.3 is 5.11 Å². The number of halogens is 2. The largest absolute Gasteiger partial charge is 0.477 e. The smallest absolute Gasteiger partial charge is 0.354 e. The lowest BCUT2D eigenvalue weighted by Gasteiger charge is -2.00. The normalized spacial score (nSPS) is 10.5. The van der Waals surface area contributed by atoms with Crippen molar-refractivity contribution in [2.45, 2.75) is 0 Å². The van der Waals surface area contributed by atoms with Crippen LogP contribution in [0.1, 0.15) is 10.5 Å². The molecule has 3 nitrogen and oxygen atoms in total. The molecule has 1 N–H and O–H groups in total. The number of carbonyl (C=O) groups is 1. The number of fused-ring (bicyclic) bond motifs is 1. The van der Waals surface area contributed by atoms with Crippen LogP contribution in [0.3, 0.4) is 0 Å². The highest BCUT2D eigenvalue weighted by Gasteiger charge is 2.07. The number of carboxylic acid groups (broad SMARTS) is 1. The fourth-order valence-electron chi connectivity index (χ4n) is 1.24. The number of nitrogens with zero attached hydrogens (tertiary/aromatic N) is 1. The lowest BCUT2D eigenvalue weighted by atomic mass is 10.2. The third-order valence-corrected chi connectivity index (χ3v) is 2.24. The third kappa shape index (κ3) is 1.76. The summed E-state index contributed by atoms with van der Waals surface area (Å²) in [6, 6.07) is 5.33. The Labute approximate surface area is 89.1 Å². The predicted molar refractivity (Wildman–Crippen MR) is 53.7 cm³/mol. The molecule has 1 heterocycles. The molecule has 0 saturated carbocycles. The van der Waals surface area contributed by atoms with Crippen LogP contribution in [-0.4, -0.2) is 16.1 Å². The highest BCUT2D eigenvalue weighted by Crippen LogP contribution is 2.21. The second-order valence-electron chi connectivity index (χ2n) is 2.96. The van der Waals surface area contributed by atoms with E-state index >= 15 is 0 Å². The number of carboxylic acids is 1. The molecule has 0 atom stereocenters. The van der Waals surface area contributed by atoms with Crippen LogP contribution < -0.4 is 0 Å². The Balaban J connectivity index is 2.72. The van der Waals surface area contributed by atoms with Crippen LogP contribution in [-0.2, 0) is 0 Å². The maximum absolute atomic E-state index is 13.0. The average molecular weight is 226 g/mol. The van der Waals surface area contributed by atoms with Crippen LogP contribution in [0, 0.1) is 5.82 Å². The zero-order valence-corrected chi connectivity index (χ0v) is 8.12. The van der Waals surface area contributed by atoms with E-state index in [-0.39, 0.29) is 10.7 Å². The van der Waals surface area contributed by atoms with Gasteiger partial charge in [0.15, 0.2) is 0 Å². The van der Waals surface area contributed by atoms with Gasteiger partial charge in [-0.25, -0.2) is 14.2 Å². The molecule has 2 aromatic rings. The summed E-state index contributed by atoms with van der Waals surface area (Å²) >= 11 is 5.56. The number of hydrogen-bond acceptors (Lipinski definition) is 2. The summed E-state index contributed by atoms with van der Waals surface area (Å²) in [6.45, 7) is 0. The van der Waals surface area contributed by atoms with Crippen LogP contribution in [0.4, 0.5) is 4.39 Å². The van der Waals surface area contributed by atoms with E-state index in [9.17, 15) is 9.18 Å². The maximum atomic E-state index is 13.0. The number of aromatic nitrogens is 1. The maximum Gasteiger partial charge on any atom is 0.354 e. The van der Waals surface area contributed by atoms with Gasteiger partial charge in [-0.05, 0) is 18.2 Å². The molecule has 0 saturated heterocycles. The summed E-state index contributed by atoms with van der Waals surface area (Å²) < 4.78 is 13.0. The van der Waals surface area contributed by atoms with Gasteiger partial charge in [0, 0.05) is 5.39 Å². The van der Waals surface area contributed by atoms with Crippen molar-refractivity contribution in [3.05, 3.63) is 40.8 Å². The van der Waals surface area contributed by atoms with Crippen molar-refractivity contribution >= 4 is 28.5 Å². The van der Waals surface area contributed by atoms with Crippen molar-refractivity contribution in [3.8, 4) is 0 Å². The van der Waals surface area contributed by atoms with Gasteiger partial charge in [0.25, 0.3) is 0 Å². The fourth-order valence-corrected chi connectivity index (χ4v) is 1.39. The number of rotatable bonds is 1. The summed E-state index contributed by atoms with van der Waals surface area (Å²) in [5.41, 5.74) is 0.270. The first-order chi connectivity index (χ1) is 7.08. The van der Waals surface area contributed by atoms with Gasteiger partial charge in [-0.2, -0.15) is 0 Å². The van der Waals surface area contributed by atoms with E-state index in [4.69, 9.17) is 16.7 Å². The molecule has 0 radical (unpaired) electrons. The Morgan fingerprint density at radius 2 is 2.13 bits per heavy atom. The first kappa shape index (κ1) is 9.86. The minimum Gasteiger partial charge on any atom is -0.477 e. The van der Waals surface area contributed by atoms with Gasteiger partial charge in [0.1, 0.15) is 11.5 Å². The predicted octanol–water partition coefficient (Wildman–Crippen LogP) is 2.73. The summed E-state index contributed by atoms with van der Waals surface area (Å²) in [6.07, 6.45) is 0. The molecule has 0 spiro atoms. The van der Waals surface area contributed by atoms with E-state index in [1.807, 2.05) is 0 Å².